The molecule has 0 amide bonds. The highest BCUT2D eigenvalue weighted by Gasteiger charge is 2.08. The average Bonchev–Trinajstić information content (AvgIpc) is 2.70. The van der Waals surface area contributed by atoms with Crippen LogP contribution in [0.1, 0.15) is 5.56 Å². The zero-order valence-corrected chi connectivity index (χ0v) is 9.77. The third-order valence-corrected chi connectivity index (χ3v) is 3.12. The Bertz CT molecular complexity index is 510. The first kappa shape index (κ1) is 11.0. The zero-order chi connectivity index (χ0) is 11.5. The molecule has 0 aliphatic heterocycles. The Balaban J connectivity index is 2.38. The Morgan fingerprint density at radius 1 is 1.50 bits per heavy atom. The standard InChI is InChI=1S/C10H9ClN4S/c11-6-1-2-7(9(12)13)8(5-6)16-10-14-3-4-15-10/h1-5H,(H3,12,13)(H,14,15). The quantitative estimate of drug-likeness (QED) is 0.580. The van der Waals surface area contributed by atoms with E-state index in [1.165, 1.54) is 11.8 Å². The van der Waals surface area contributed by atoms with Crippen LogP contribution in [0.4, 0.5) is 0 Å². The molecule has 0 fully saturated rings. The lowest BCUT2D eigenvalue weighted by atomic mass is 10.2. The normalized spacial score (nSPS) is 10.3. The summed E-state index contributed by atoms with van der Waals surface area (Å²) in [5.74, 6) is 0.0192. The Morgan fingerprint density at radius 2 is 2.31 bits per heavy atom. The molecule has 1 aromatic carbocycles. The maximum Gasteiger partial charge on any atom is 0.170 e. The summed E-state index contributed by atoms with van der Waals surface area (Å²) >= 11 is 7.30. The number of nitrogens with two attached hydrogens (primary N) is 1. The number of nitrogens with zero attached hydrogens (tertiary/aromatic N) is 1. The number of hydrogen-bond donors (Lipinski definition) is 3. The molecule has 0 spiro atoms. The number of nitrogen functional groups attached to an aromatic ring is 1. The number of benzene rings is 1. The van der Waals surface area contributed by atoms with E-state index in [0.29, 0.717) is 10.6 Å². The molecule has 2 rings (SSSR count). The van der Waals surface area contributed by atoms with E-state index >= 15 is 0 Å². The number of imidazole rings is 1. The fraction of sp³-hybridized carbons (Fsp3) is 0. The molecule has 0 saturated carbocycles. The molecule has 82 valence electrons. The van der Waals surface area contributed by atoms with Crippen molar-refractivity contribution in [3.8, 4) is 0 Å². The van der Waals surface area contributed by atoms with E-state index in [1.54, 1.807) is 30.6 Å². The van der Waals surface area contributed by atoms with Gasteiger partial charge in [0.25, 0.3) is 0 Å². The molecule has 0 bridgehead atoms. The van der Waals surface area contributed by atoms with E-state index in [0.717, 1.165) is 10.1 Å². The molecule has 0 atom stereocenters. The van der Waals surface area contributed by atoms with Gasteiger partial charge in [-0.3, -0.25) is 5.41 Å². The second-order valence-corrected chi connectivity index (χ2v) is 4.52. The largest absolute Gasteiger partial charge is 0.384 e. The maximum absolute atomic E-state index is 7.47. The van der Waals surface area contributed by atoms with Crippen LogP contribution in [0.25, 0.3) is 0 Å². The van der Waals surface area contributed by atoms with E-state index in [2.05, 4.69) is 9.97 Å². The lowest BCUT2D eigenvalue weighted by Crippen LogP contribution is -2.12. The molecule has 4 nitrogen and oxygen atoms in total. The molecular formula is C10H9ClN4S. The lowest BCUT2D eigenvalue weighted by Gasteiger charge is -2.06. The van der Waals surface area contributed by atoms with Gasteiger partial charge in [-0.25, -0.2) is 4.98 Å². The minimum absolute atomic E-state index is 0.0192. The van der Waals surface area contributed by atoms with Crippen molar-refractivity contribution in [3.05, 3.63) is 41.2 Å². The topological polar surface area (TPSA) is 78.6 Å². The van der Waals surface area contributed by atoms with E-state index in [9.17, 15) is 0 Å². The highest BCUT2D eigenvalue weighted by Crippen LogP contribution is 2.30. The molecule has 4 N–H and O–H groups in total. The van der Waals surface area contributed by atoms with Crippen LogP contribution in [-0.2, 0) is 0 Å². The Morgan fingerprint density at radius 3 is 2.94 bits per heavy atom. The number of aromatic nitrogens is 2. The van der Waals surface area contributed by atoms with Gasteiger partial charge in [-0.05, 0) is 18.2 Å². The Kier molecular flexibility index (Phi) is 3.17. The highest BCUT2D eigenvalue weighted by atomic mass is 35.5. The predicted molar refractivity (Wildman–Crippen MR) is 65.2 cm³/mol. The van der Waals surface area contributed by atoms with Gasteiger partial charge in [0.2, 0.25) is 0 Å². The summed E-state index contributed by atoms with van der Waals surface area (Å²) in [5.41, 5.74) is 6.15. The first-order valence-electron chi connectivity index (χ1n) is 4.48. The summed E-state index contributed by atoms with van der Waals surface area (Å²) in [6, 6.07) is 5.21. The van der Waals surface area contributed by atoms with Gasteiger partial charge in [0.15, 0.2) is 5.16 Å². The fourth-order valence-electron chi connectivity index (χ4n) is 1.21. The third kappa shape index (κ3) is 2.37. The summed E-state index contributed by atoms with van der Waals surface area (Å²) in [6.07, 6.45) is 3.40. The number of aromatic amines is 1. The van der Waals surface area contributed by atoms with Crippen LogP contribution in [0.15, 0.2) is 40.6 Å². The summed E-state index contributed by atoms with van der Waals surface area (Å²) in [4.78, 5) is 7.88. The van der Waals surface area contributed by atoms with E-state index in [4.69, 9.17) is 22.7 Å². The minimum atomic E-state index is 0.0192. The molecule has 1 aromatic heterocycles. The highest BCUT2D eigenvalue weighted by molar-refractivity contribution is 7.99. The van der Waals surface area contributed by atoms with Crippen LogP contribution in [-0.4, -0.2) is 15.8 Å². The van der Waals surface area contributed by atoms with Crippen molar-refractivity contribution >= 4 is 29.2 Å². The molecule has 2 aromatic rings. The van der Waals surface area contributed by atoms with Crippen molar-refractivity contribution in [2.75, 3.05) is 0 Å². The van der Waals surface area contributed by atoms with Gasteiger partial charge in [-0.2, -0.15) is 0 Å². The summed E-state index contributed by atoms with van der Waals surface area (Å²) in [7, 11) is 0. The predicted octanol–water partition coefficient (Wildman–Crippen LogP) is 2.50. The number of hydrogen-bond acceptors (Lipinski definition) is 3. The molecule has 0 unspecified atom stereocenters. The molecule has 6 heteroatoms. The van der Waals surface area contributed by atoms with E-state index < -0.39 is 0 Å². The number of halogens is 1. The number of H-pyrrole nitrogens is 1. The average molecular weight is 253 g/mol. The van der Waals surface area contributed by atoms with Crippen molar-refractivity contribution in [3.63, 3.8) is 0 Å². The van der Waals surface area contributed by atoms with E-state index in [-0.39, 0.29) is 5.84 Å². The molecule has 0 radical (unpaired) electrons. The zero-order valence-electron chi connectivity index (χ0n) is 8.20. The van der Waals surface area contributed by atoms with Crippen molar-refractivity contribution in [1.29, 1.82) is 5.41 Å². The second-order valence-electron chi connectivity index (χ2n) is 3.05. The number of amidine groups is 1. The molecule has 1 heterocycles. The van der Waals surface area contributed by atoms with Crippen molar-refractivity contribution < 1.29 is 0 Å². The van der Waals surface area contributed by atoms with Crippen LogP contribution in [0.2, 0.25) is 5.02 Å². The summed E-state index contributed by atoms with van der Waals surface area (Å²) in [5, 5.41) is 8.82. The molecule has 0 aliphatic carbocycles. The monoisotopic (exact) mass is 252 g/mol. The maximum atomic E-state index is 7.47. The SMILES string of the molecule is N=C(N)c1ccc(Cl)cc1Sc1ncc[nH]1. The van der Waals surface area contributed by atoms with Crippen LogP contribution in [0, 0.1) is 5.41 Å². The van der Waals surface area contributed by atoms with E-state index in [1.807, 2.05) is 0 Å². The van der Waals surface area contributed by atoms with Crippen molar-refractivity contribution in [2.45, 2.75) is 10.1 Å². The summed E-state index contributed by atoms with van der Waals surface area (Å²) in [6.45, 7) is 0. The molecule has 0 saturated heterocycles. The van der Waals surface area contributed by atoms with Gasteiger partial charge in [0.05, 0.1) is 0 Å². The number of nitrogens with one attached hydrogen (secondary N) is 2. The van der Waals surface area contributed by atoms with Crippen LogP contribution < -0.4 is 5.73 Å². The van der Waals surface area contributed by atoms with Gasteiger partial charge >= 0.3 is 0 Å². The van der Waals surface area contributed by atoms with Crippen LogP contribution in [0.5, 0.6) is 0 Å². The summed E-state index contributed by atoms with van der Waals surface area (Å²) < 4.78 is 0. The van der Waals surface area contributed by atoms with Gasteiger partial charge in [-0.1, -0.05) is 23.4 Å². The van der Waals surface area contributed by atoms with Gasteiger partial charge in [0.1, 0.15) is 5.84 Å². The first-order valence-corrected chi connectivity index (χ1v) is 5.67. The number of rotatable bonds is 3. The Labute approximate surface area is 102 Å². The van der Waals surface area contributed by atoms with Gasteiger partial charge in [-0.15, -0.1) is 0 Å². The third-order valence-electron chi connectivity index (χ3n) is 1.91. The van der Waals surface area contributed by atoms with Gasteiger partial charge in [0, 0.05) is 27.9 Å². The smallest absolute Gasteiger partial charge is 0.170 e. The van der Waals surface area contributed by atoms with Crippen LogP contribution >= 0.6 is 23.4 Å². The molecule has 0 aliphatic rings. The second kappa shape index (κ2) is 4.59. The Hall–Kier alpha value is -1.46. The van der Waals surface area contributed by atoms with Crippen LogP contribution in [0.3, 0.4) is 0 Å². The van der Waals surface area contributed by atoms with Crippen molar-refractivity contribution in [1.82, 2.24) is 9.97 Å². The lowest BCUT2D eigenvalue weighted by molar-refractivity contribution is 1.06. The molecule has 16 heavy (non-hydrogen) atoms. The minimum Gasteiger partial charge on any atom is -0.384 e. The fourth-order valence-corrected chi connectivity index (χ4v) is 2.37. The van der Waals surface area contributed by atoms with Gasteiger partial charge < -0.3 is 10.7 Å². The van der Waals surface area contributed by atoms with Crippen molar-refractivity contribution in [2.24, 2.45) is 5.73 Å². The first-order chi connectivity index (χ1) is 7.66. The molecular weight excluding hydrogens is 244 g/mol.